The van der Waals surface area contributed by atoms with Gasteiger partial charge in [0.15, 0.2) is 0 Å². The highest BCUT2D eigenvalue weighted by Gasteiger charge is 2.20. The van der Waals surface area contributed by atoms with Gasteiger partial charge < -0.3 is 5.32 Å². The Balaban J connectivity index is 2.17. The molecule has 1 aromatic heterocycles. The lowest BCUT2D eigenvalue weighted by molar-refractivity contribution is 0.451. The summed E-state index contributed by atoms with van der Waals surface area (Å²) in [5, 5.41) is 10.8. The van der Waals surface area contributed by atoms with Gasteiger partial charge in [0.25, 0.3) is 0 Å². The van der Waals surface area contributed by atoms with Crippen LogP contribution in [0.5, 0.6) is 0 Å². The van der Waals surface area contributed by atoms with E-state index in [0.717, 1.165) is 6.54 Å². The lowest BCUT2D eigenvalue weighted by atomic mass is 9.90. The highest BCUT2D eigenvalue weighted by Crippen LogP contribution is 2.28. The molecule has 1 fully saturated rings. The minimum Gasteiger partial charge on any atom is -0.316 e. The number of H-pyrrole nitrogens is 1. The molecule has 1 aromatic rings. The maximum atomic E-state index is 4.17. The van der Waals surface area contributed by atoms with Gasteiger partial charge in [0.1, 0.15) is 0 Å². The van der Waals surface area contributed by atoms with Crippen LogP contribution in [0.2, 0.25) is 0 Å². The van der Waals surface area contributed by atoms with Crippen LogP contribution in [0.4, 0.5) is 0 Å². The quantitative estimate of drug-likeness (QED) is 0.754. The van der Waals surface area contributed by atoms with Crippen LogP contribution in [0, 0.1) is 0 Å². The molecule has 3 heteroatoms. The van der Waals surface area contributed by atoms with Gasteiger partial charge in [-0.3, -0.25) is 5.10 Å². The first kappa shape index (κ1) is 9.71. The van der Waals surface area contributed by atoms with E-state index in [1.165, 1.54) is 30.6 Å². The molecule has 0 spiro atoms. The van der Waals surface area contributed by atoms with E-state index in [0.29, 0.717) is 11.8 Å². The maximum absolute atomic E-state index is 4.17. The van der Waals surface area contributed by atoms with Crippen molar-refractivity contribution >= 4 is 0 Å². The Hall–Kier alpha value is -0.830. The van der Waals surface area contributed by atoms with Crippen LogP contribution in [0.3, 0.4) is 0 Å². The number of aromatic nitrogens is 2. The van der Waals surface area contributed by atoms with E-state index in [1.54, 1.807) is 0 Å². The fourth-order valence-electron chi connectivity index (χ4n) is 2.19. The Bertz CT molecular complexity index is 284. The van der Waals surface area contributed by atoms with Gasteiger partial charge in [0.2, 0.25) is 0 Å². The fourth-order valence-corrected chi connectivity index (χ4v) is 2.19. The van der Waals surface area contributed by atoms with Crippen molar-refractivity contribution in [1.82, 2.24) is 15.5 Å². The summed E-state index contributed by atoms with van der Waals surface area (Å²) in [7, 11) is 0. The number of hydrogen-bond donors (Lipinski definition) is 2. The molecule has 2 heterocycles. The lowest BCUT2D eigenvalue weighted by Gasteiger charge is -2.23. The Morgan fingerprint density at radius 2 is 2.36 bits per heavy atom. The Morgan fingerprint density at radius 1 is 1.50 bits per heavy atom. The van der Waals surface area contributed by atoms with Crippen molar-refractivity contribution in [2.75, 3.05) is 13.1 Å². The third-order valence-corrected chi connectivity index (χ3v) is 3.03. The summed E-state index contributed by atoms with van der Waals surface area (Å²) >= 11 is 0. The largest absolute Gasteiger partial charge is 0.316 e. The number of nitrogens with zero attached hydrogens (tertiary/aromatic N) is 1. The molecule has 78 valence electrons. The van der Waals surface area contributed by atoms with Crippen molar-refractivity contribution < 1.29 is 0 Å². The van der Waals surface area contributed by atoms with Crippen molar-refractivity contribution in [2.45, 2.75) is 38.5 Å². The molecule has 1 aliphatic heterocycles. The summed E-state index contributed by atoms with van der Waals surface area (Å²) in [6, 6.07) is 0. The van der Waals surface area contributed by atoms with Gasteiger partial charge in [-0.1, -0.05) is 13.8 Å². The molecule has 1 aliphatic rings. The van der Waals surface area contributed by atoms with Gasteiger partial charge in [0, 0.05) is 18.2 Å². The molecular weight excluding hydrogens is 174 g/mol. The van der Waals surface area contributed by atoms with Gasteiger partial charge in [-0.25, -0.2) is 0 Å². The molecule has 3 nitrogen and oxygen atoms in total. The third kappa shape index (κ3) is 1.82. The first-order chi connectivity index (χ1) is 6.79. The predicted molar refractivity (Wildman–Crippen MR) is 57.5 cm³/mol. The molecule has 0 amide bonds. The number of rotatable bonds is 2. The summed E-state index contributed by atoms with van der Waals surface area (Å²) in [5.41, 5.74) is 2.74. The monoisotopic (exact) mass is 193 g/mol. The molecule has 2 N–H and O–H groups in total. The molecule has 14 heavy (non-hydrogen) atoms. The molecule has 0 saturated carbocycles. The second-order valence-corrected chi connectivity index (χ2v) is 4.44. The van der Waals surface area contributed by atoms with Crippen LogP contribution in [0.25, 0.3) is 0 Å². The molecule has 0 bridgehead atoms. The van der Waals surface area contributed by atoms with Gasteiger partial charge in [0.05, 0.1) is 6.20 Å². The Morgan fingerprint density at radius 3 is 3.00 bits per heavy atom. The zero-order valence-corrected chi connectivity index (χ0v) is 9.01. The third-order valence-electron chi connectivity index (χ3n) is 3.03. The number of nitrogens with one attached hydrogen (secondary N) is 2. The van der Waals surface area contributed by atoms with Crippen molar-refractivity contribution in [1.29, 1.82) is 0 Å². The normalized spacial score (nSPS) is 22.9. The second kappa shape index (κ2) is 4.13. The molecular formula is C11H19N3. The average Bonchev–Trinajstić information content (AvgIpc) is 2.67. The van der Waals surface area contributed by atoms with Crippen molar-refractivity contribution in [3.63, 3.8) is 0 Å². The van der Waals surface area contributed by atoms with Gasteiger partial charge in [-0.15, -0.1) is 0 Å². The van der Waals surface area contributed by atoms with Crippen molar-refractivity contribution in [3.8, 4) is 0 Å². The van der Waals surface area contributed by atoms with Crippen LogP contribution < -0.4 is 5.32 Å². The van der Waals surface area contributed by atoms with Crippen LogP contribution >= 0.6 is 0 Å². The topological polar surface area (TPSA) is 40.7 Å². The van der Waals surface area contributed by atoms with E-state index in [4.69, 9.17) is 0 Å². The van der Waals surface area contributed by atoms with E-state index in [2.05, 4.69) is 29.4 Å². The number of piperidine rings is 1. The SMILES string of the molecule is CC(C)c1cn[nH]c1C1CCCNC1. The number of hydrogen-bond acceptors (Lipinski definition) is 2. The number of aromatic amines is 1. The standard InChI is InChI=1S/C11H19N3/c1-8(2)10-7-13-14-11(10)9-4-3-5-12-6-9/h7-9,12H,3-6H2,1-2H3,(H,13,14). The van der Waals surface area contributed by atoms with Gasteiger partial charge in [-0.05, 0) is 30.9 Å². The van der Waals surface area contributed by atoms with Crippen molar-refractivity contribution in [3.05, 3.63) is 17.5 Å². The second-order valence-electron chi connectivity index (χ2n) is 4.44. The van der Waals surface area contributed by atoms with Crippen LogP contribution in [0.1, 0.15) is 49.8 Å². The molecule has 1 unspecified atom stereocenters. The summed E-state index contributed by atoms with van der Waals surface area (Å²) in [6.45, 7) is 6.72. The van der Waals surface area contributed by atoms with E-state index in [9.17, 15) is 0 Å². The van der Waals surface area contributed by atoms with Crippen molar-refractivity contribution in [2.24, 2.45) is 0 Å². The molecule has 2 rings (SSSR count). The molecule has 0 aromatic carbocycles. The highest BCUT2D eigenvalue weighted by molar-refractivity contribution is 5.24. The molecule has 1 atom stereocenters. The minimum atomic E-state index is 0.575. The Kier molecular flexibility index (Phi) is 2.87. The van der Waals surface area contributed by atoms with Crippen LogP contribution in [-0.2, 0) is 0 Å². The Labute approximate surface area is 85.3 Å². The molecule has 0 radical (unpaired) electrons. The average molecular weight is 193 g/mol. The lowest BCUT2D eigenvalue weighted by Crippen LogP contribution is -2.29. The predicted octanol–water partition coefficient (Wildman–Crippen LogP) is 2.00. The first-order valence-electron chi connectivity index (χ1n) is 5.53. The minimum absolute atomic E-state index is 0.575. The first-order valence-corrected chi connectivity index (χ1v) is 5.53. The van der Waals surface area contributed by atoms with Gasteiger partial charge >= 0.3 is 0 Å². The van der Waals surface area contributed by atoms with Gasteiger partial charge in [-0.2, -0.15) is 5.10 Å². The molecule has 0 aliphatic carbocycles. The summed E-state index contributed by atoms with van der Waals surface area (Å²) < 4.78 is 0. The zero-order valence-electron chi connectivity index (χ0n) is 9.01. The zero-order chi connectivity index (χ0) is 9.97. The van der Waals surface area contributed by atoms with Crippen LogP contribution in [0.15, 0.2) is 6.20 Å². The smallest absolute Gasteiger partial charge is 0.0524 e. The van der Waals surface area contributed by atoms with E-state index >= 15 is 0 Å². The van der Waals surface area contributed by atoms with Crippen LogP contribution in [-0.4, -0.2) is 23.3 Å². The van der Waals surface area contributed by atoms with E-state index in [-0.39, 0.29) is 0 Å². The summed E-state index contributed by atoms with van der Waals surface area (Å²) in [5.74, 6) is 1.22. The van der Waals surface area contributed by atoms with E-state index < -0.39 is 0 Å². The maximum Gasteiger partial charge on any atom is 0.0524 e. The summed E-state index contributed by atoms with van der Waals surface area (Å²) in [6.07, 6.45) is 4.55. The highest BCUT2D eigenvalue weighted by atomic mass is 15.1. The molecule has 1 saturated heterocycles. The fraction of sp³-hybridized carbons (Fsp3) is 0.727. The summed E-state index contributed by atoms with van der Waals surface area (Å²) in [4.78, 5) is 0. The van der Waals surface area contributed by atoms with E-state index in [1.807, 2.05) is 6.20 Å².